The molecule has 4 aromatic heterocycles. The van der Waals surface area contributed by atoms with Crippen LogP contribution in [0.5, 0.6) is 0 Å². The van der Waals surface area contributed by atoms with Gasteiger partial charge in [0.05, 0.1) is 34.8 Å². The van der Waals surface area contributed by atoms with Gasteiger partial charge in [0.1, 0.15) is 0 Å². The van der Waals surface area contributed by atoms with Crippen LogP contribution in [0.2, 0.25) is 0 Å². The second kappa shape index (κ2) is 14.4. The number of fused-ring (bicyclic) bond motifs is 6. The van der Waals surface area contributed by atoms with E-state index in [-0.39, 0.29) is 12.4 Å². The van der Waals surface area contributed by atoms with E-state index in [1.165, 1.54) is 54.7 Å². The summed E-state index contributed by atoms with van der Waals surface area (Å²) in [6.07, 6.45) is 5.11. The summed E-state index contributed by atoms with van der Waals surface area (Å²) in [7, 11) is 0. The van der Waals surface area contributed by atoms with Gasteiger partial charge in [0.2, 0.25) is 0 Å². The standard InChI is InChI=1S/C41H38N6.ClH/c1-3-12-30(13-4-1)28-46-38-18-9-7-16-34(38)36-22-32(44-26-40(36)46)24-42-20-11-21-43-25-33-23-37-35-17-8-10-19-39(35)47(41(37)27-45-33)29-31-14-5-2-6-15-31;/h1-10,12-19,22-23,26-27,42-43H,11,20-21,24-25,28-29H2;1H. The second-order valence-corrected chi connectivity index (χ2v) is 12.3. The zero-order valence-electron chi connectivity index (χ0n) is 26.8. The van der Waals surface area contributed by atoms with Crippen LogP contribution in [0, 0.1) is 0 Å². The maximum atomic E-state index is 4.84. The van der Waals surface area contributed by atoms with Crippen LogP contribution in [0.3, 0.4) is 0 Å². The minimum absolute atomic E-state index is 0. The van der Waals surface area contributed by atoms with Crippen molar-refractivity contribution in [1.82, 2.24) is 29.7 Å². The molecule has 0 amide bonds. The van der Waals surface area contributed by atoms with Crippen LogP contribution in [0.15, 0.2) is 134 Å². The fraction of sp³-hybridized carbons (Fsp3) is 0.171. The first kappa shape index (κ1) is 31.6. The zero-order chi connectivity index (χ0) is 31.4. The predicted octanol–water partition coefficient (Wildman–Crippen LogP) is 8.48. The Morgan fingerprint density at radius 2 is 0.875 bits per heavy atom. The van der Waals surface area contributed by atoms with Gasteiger partial charge in [-0.2, -0.15) is 0 Å². The number of para-hydroxylation sites is 2. The number of halogens is 1. The van der Waals surface area contributed by atoms with Gasteiger partial charge in [-0.25, -0.2) is 0 Å². The lowest BCUT2D eigenvalue weighted by atomic mass is 10.1. The molecular formula is C41H39ClN6. The first-order valence-electron chi connectivity index (χ1n) is 16.5. The molecule has 0 atom stereocenters. The Kier molecular flexibility index (Phi) is 9.48. The molecule has 0 radical (unpaired) electrons. The van der Waals surface area contributed by atoms with Crippen molar-refractivity contribution in [3.63, 3.8) is 0 Å². The molecule has 0 spiro atoms. The molecule has 0 bridgehead atoms. The van der Waals surface area contributed by atoms with E-state index >= 15 is 0 Å². The van der Waals surface area contributed by atoms with Crippen molar-refractivity contribution >= 4 is 56.0 Å². The highest BCUT2D eigenvalue weighted by Gasteiger charge is 2.13. The first-order chi connectivity index (χ1) is 23.3. The van der Waals surface area contributed by atoms with Crippen molar-refractivity contribution < 1.29 is 0 Å². The molecular weight excluding hydrogens is 612 g/mol. The third-order valence-corrected chi connectivity index (χ3v) is 9.12. The van der Waals surface area contributed by atoms with E-state index in [0.29, 0.717) is 0 Å². The normalized spacial score (nSPS) is 11.5. The van der Waals surface area contributed by atoms with Gasteiger partial charge in [-0.15, -0.1) is 12.4 Å². The summed E-state index contributed by atoms with van der Waals surface area (Å²) < 4.78 is 4.76. The number of rotatable bonds is 12. The molecule has 0 aliphatic carbocycles. The molecule has 240 valence electrons. The molecule has 2 N–H and O–H groups in total. The van der Waals surface area contributed by atoms with Crippen LogP contribution in [0.4, 0.5) is 0 Å². The minimum atomic E-state index is 0. The lowest BCUT2D eigenvalue weighted by Crippen LogP contribution is -2.22. The van der Waals surface area contributed by atoms with Crippen molar-refractivity contribution in [2.75, 3.05) is 13.1 Å². The summed E-state index contributed by atoms with van der Waals surface area (Å²) in [5, 5.41) is 12.3. The third-order valence-electron chi connectivity index (χ3n) is 9.12. The van der Waals surface area contributed by atoms with Crippen molar-refractivity contribution in [3.05, 3.63) is 156 Å². The van der Waals surface area contributed by atoms with E-state index in [9.17, 15) is 0 Å². The maximum Gasteiger partial charge on any atom is 0.0681 e. The summed E-state index contributed by atoms with van der Waals surface area (Å²) in [5.74, 6) is 0. The monoisotopic (exact) mass is 650 g/mol. The highest BCUT2D eigenvalue weighted by atomic mass is 35.5. The number of aromatic nitrogens is 4. The second-order valence-electron chi connectivity index (χ2n) is 12.3. The average Bonchev–Trinajstić information content (AvgIpc) is 3.60. The summed E-state index contributed by atoms with van der Waals surface area (Å²) in [6, 6.07) is 43.1. The van der Waals surface area contributed by atoms with Crippen LogP contribution in [0.25, 0.3) is 43.6 Å². The van der Waals surface area contributed by atoms with E-state index in [4.69, 9.17) is 9.97 Å². The van der Waals surface area contributed by atoms with Gasteiger partial charge in [0, 0.05) is 58.8 Å². The van der Waals surface area contributed by atoms with Gasteiger partial charge in [0.25, 0.3) is 0 Å². The lowest BCUT2D eigenvalue weighted by molar-refractivity contribution is 0.588. The number of nitrogens with one attached hydrogen (secondary N) is 2. The van der Waals surface area contributed by atoms with Crippen molar-refractivity contribution in [3.8, 4) is 0 Å². The number of benzene rings is 4. The topological polar surface area (TPSA) is 59.7 Å². The van der Waals surface area contributed by atoms with Gasteiger partial charge in [0.15, 0.2) is 0 Å². The SMILES string of the molecule is Cl.c1ccc(Cn2c3ccccc3c3cc(CNCCCNCc4cc5c6ccccc6n(Cc6ccccc6)c5cn4)ncc32)cc1. The van der Waals surface area contributed by atoms with Crippen LogP contribution in [-0.2, 0) is 26.2 Å². The summed E-state index contributed by atoms with van der Waals surface area (Å²) >= 11 is 0. The molecule has 4 heterocycles. The fourth-order valence-electron chi connectivity index (χ4n) is 6.81. The Labute approximate surface area is 286 Å². The summed E-state index contributed by atoms with van der Waals surface area (Å²) in [4.78, 5) is 9.68. The molecule has 0 fully saturated rings. The number of nitrogens with zero attached hydrogens (tertiary/aromatic N) is 4. The molecule has 6 nitrogen and oxygen atoms in total. The van der Waals surface area contributed by atoms with E-state index in [0.717, 1.165) is 57.1 Å². The van der Waals surface area contributed by atoms with Crippen molar-refractivity contribution in [2.45, 2.75) is 32.6 Å². The molecule has 0 saturated heterocycles. The van der Waals surface area contributed by atoms with Gasteiger partial charge >= 0.3 is 0 Å². The molecule has 48 heavy (non-hydrogen) atoms. The highest BCUT2D eigenvalue weighted by Crippen LogP contribution is 2.31. The molecule has 0 aliphatic heterocycles. The smallest absolute Gasteiger partial charge is 0.0681 e. The Balaban J connectivity index is 0.00000364. The van der Waals surface area contributed by atoms with Crippen molar-refractivity contribution in [1.29, 1.82) is 0 Å². The van der Waals surface area contributed by atoms with E-state index in [2.05, 4.69) is 141 Å². The van der Waals surface area contributed by atoms with Crippen LogP contribution >= 0.6 is 12.4 Å². The van der Waals surface area contributed by atoms with E-state index in [1.54, 1.807) is 0 Å². The van der Waals surface area contributed by atoms with E-state index < -0.39 is 0 Å². The Bertz CT molecular complexity index is 2130. The van der Waals surface area contributed by atoms with E-state index in [1.807, 2.05) is 12.4 Å². The minimum Gasteiger partial charge on any atom is -0.335 e. The van der Waals surface area contributed by atoms with Gasteiger partial charge < -0.3 is 19.8 Å². The Morgan fingerprint density at radius 1 is 0.458 bits per heavy atom. The molecule has 0 aliphatic rings. The van der Waals surface area contributed by atoms with Gasteiger partial charge in [-0.1, -0.05) is 97.1 Å². The number of hydrogen-bond acceptors (Lipinski definition) is 4. The van der Waals surface area contributed by atoms with Crippen LogP contribution in [0.1, 0.15) is 28.9 Å². The maximum absolute atomic E-state index is 4.84. The average molecular weight is 651 g/mol. The molecule has 0 saturated carbocycles. The summed E-state index contributed by atoms with van der Waals surface area (Å²) in [5.41, 5.74) is 9.56. The molecule has 7 heteroatoms. The third kappa shape index (κ3) is 6.43. The molecule has 0 unspecified atom stereocenters. The van der Waals surface area contributed by atoms with Gasteiger partial charge in [-0.3, -0.25) is 9.97 Å². The highest BCUT2D eigenvalue weighted by molar-refractivity contribution is 6.08. The Hall–Kier alpha value is -5.01. The summed E-state index contributed by atoms with van der Waals surface area (Å²) in [6.45, 7) is 5.00. The number of hydrogen-bond donors (Lipinski definition) is 2. The van der Waals surface area contributed by atoms with Gasteiger partial charge in [-0.05, 0) is 54.9 Å². The Morgan fingerprint density at radius 3 is 1.33 bits per heavy atom. The molecule has 4 aromatic carbocycles. The number of pyridine rings is 2. The van der Waals surface area contributed by atoms with Crippen LogP contribution < -0.4 is 10.6 Å². The fourth-order valence-corrected chi connectivity index (χ4v) is 6.81. The largest absolute Gasteiger partial charge is 0.335 e. The molecule has 8 rings (SSSR count). The quantitative estimate of drug-likeness (QED) is 0.130. The first-order valence-corrected chi connectivity index (χ1v) is 16.5. The van der Waals surface area contributed by atoms with Crippen LogP contribution in [-0.4, -0.2) is 32.2 Å². The predicted molar refractivity (Wildman–Crippen MR) is 201 cm³/mol. The van der Waals surface area contributed by atoms with Crippen molar-refractivity contribution in [2.24, 2.45) is 0 Å². The molecule has 8 aromatic rings. The zero-order valence-corrected chi connectivity index (χ0v) is 27.7. The lowest BCUT2D eigenvalue weighted by Gasteiger charge is -2.09.